The van der Waals surface area contributed by atoms with Gasteiger partial charge in [0.15, 0.2) is 0 Å². The van der Waals surface area contributed by atoms with Crippen molar-refractivity contribution in [2.24, 2.45) is 17.6 Å². The maximum absolute atomic E-state index is 13.8. The highest BCUT2D eigenvalue weighted by atomic mass is 32.1. The Bertz CT molecular complexity index is 1490. The van der Waals surface area contributed by atoms with Crippen molar-refractivity contribution < 1.29 is 9.59 Å². The van der Waals surface area contributed by atoms with Gasteiger partial charge in [0, 0.05) is 15.8 Å². The molecule has 3 N–H and O–H groups in total. The van der Waals surface area contributed by atoms with Gasteiger partial charge in [-0.2, -0.15) is 0 Å². The fraction of sp³-hybridized carbons (Fsp3) is 0.344. The van der Waals surface area contributed by atoms with Crippen LogP contribution in [0.4, 0.5) is 5.00 Å². The van der Waals surface area contributed by atoms with Gasteiger partial charge in [-0.05, 0) is 60.8 Å². The van der Waals surface area contributed by atoms with E-state index in [4.69, 9.17) is 10.7 Å². The number of rotatable bonds is 8. The predicted octanol–water partition coefficient (Wildman–Crippen LogP) is 7.42. The lowest BCUT2D eigenvalue weighted by molar-refractivity contribution is 0.1000. The summed E-state index contributed by atoms with van der Waals surface area (Å²) in [5.41, 5.74) is 11.6. The molecule has 196 valence electrons. The molecular weight excluding hydrogens is 490 g/mol. The number of aromatic nitrogens is 1. The van der Waals surface area contributed by atoms with Gasteiger partial charge in [0.1, 0.15) is 5.00 Å². The van der Waals surface area contributed by atoms with E-state index in [0.717, 1.165) is 59.8 Å². The van der Waals surface area contributed by atoms with Crippen molar-refractivity contribution in [3.63, 3.8) is 0 Å². The van der Waals surface area contributed by atoms with Crippen LogP contribution in [0.1, 0.15) is 76.8 Å². The number of para-hydroxylation sites is 1. The van der Waals surface area contributed by atoms with E-state index in [1.54, 1.807) is 0 Å². The summed E-state index contributed by atoms with van der Waals surface area (Å²) in [6, 6.07) is 17.9. The average Bonchev–Trinajstić information content (AvgIpc) is 3.25. The number of hydrogen-bond donors (Lipinski definition) is 2. The van der Waals surface area contributed by atoms with Crippen LogP contribution in [0.2, 0.25) is 0 Å². The van der Waals surface area contributed by atoms with Crippen LogP contribution >= 0.6 is 11.3 Å². The van der Waals surface area contributed by atoms with E-state index >= 15 is 0 Å². The van der Waals surface area contributed by atoms with Crippen molar-refractivity contribution >= 4 is 39.1 Å². The first kappa shape index (κ1) is 26.1. The molecule has 0 bridgehead atoms. The summed E-state index contributed by atoms with van der Waals surface area (Å²) in [7, 11) is 0. The van der Waals surface area contributed by atoms with Gasteiger partial charge in [0.05, 0.1) is 22.3 Å². The number of thiophene rings is 1. The molecule has 1 aliphatic rings. The second kappa shape index (κ2) is 11.1. The maximum Gasteiger partial charge on any atom is 0.257 e. The smallest absolute Gasteiger partial charge is 0.257 e. The number of benzene rings is 2. The highest BCUT2D eigenvalue weighted by Gasteiger charge is 2.29. The first-order valence-electron chi connectivity index (χ1n) is 13.6. The summed E-state index contributed by atoms with van der Waals surface area (Å²) in [5.74, 6) is 0.468. The largest absolute Gasteiger partial charge is 0.365 e. The van der Waals surface area contributed by atoms with E-state index < -0.39 is 5.91 Å². The number of carbonyl (C=O) groups is 2. The molecule has 5 rings (SSSR count). The standard InChI is InChI=1S/C32H35N3O2S/c1-4-7-20-12-15-24-28(17-20)38-32(29(24)30(33)36)35-31(37)25-18-27(34-26-9-6-5-8-23(25)26)22-13-10-21(11-14-22)16-19(2)3/h5-6,8-11,13-14,18-20H,4,7,12,15-17H2,1-3H3,(H2,33,36)(H,35,37). The SMILES string of the molecule is CCCC1CCc2c(sc(NC(=O)c3cc(-c4ccc(CC(C)C)cc4)nc4ccccc34)c2C(N)=O)C1. The molecule has 0 saturated carbocycles. The van der Waals surface area contributed by atoms with Crippen molar-refractivity contribution in [1.29, 1.82) is 0 Å². The third-order valence-electron chi connectivity index (χ3n) is 7.39. The van der Waals surface area contributed by atoms with Crippen LogP contribution in [0.5, 0.6) is 0 Å². The van der Waals surface area contributed by atoms with Crippen molar-refractivity contribution in [3.05, 3.63) is 81.7 Å². The van der Waals surface area contributed by atoms with Crippen LogP contribution in [-0.4, -0.2) is 16.8 Å². The second-order valence-electron chi connectivity index (χ2n) is 10.8. The quantitative estimate of drug-likeness (QED) is 0.251. The number of carbonyl (C=O) groups excluding carboxylic acids is 2. The number of nitrogens with two attached hydrogens (primary N) is 1. The molecule has 0 radical (unpaired) electrons. The van der Waals surface area contributed by atoms with Gasteiger partial charge in [0.25, 0.3) is 11.8 Å². The van der Waals surface area contributed by atoms with Gasteiger partial charge in [-0.25, -0.2) is 4.98 Å². The number of primary amides is 1. The minimum absolute atomic E-state index is 0.257. The Kier molecular flexibility index (Phi) is 7.61. The third kappa shape index (κ3) is 5.37. The minimum atomic E-state index is -0.478. The molecule has 0 fully saturated rings. The molecule has 0 saturated heterocycles. The van der Waals surface area contributed by atoms with Crippen LogP contribution < -0.4 is 11.1 Å². The molecule has 4 aromatic rings. The fourth-order valence-electron chi connectivity index (χ4n) is 5.62. The lowest BCUT2D eigenvalue weighted by atomic mass is 9.84. The zero-order chi connectivity index (χ0) is 26.8. The Labute approximate surface area is 228 Å². The summed E-state index contributed by atoms with van der Waals surface area (Å²) >= 11 is 1.51. The van der Waals surface area contributed by atoms with E-state index in [0.29, 0.717) is 28.0 Å². The molecule has 1 aliphatic carbocycles. The lowest BCUT2D eigenvalue weighted by Crippen LogP contribution is -2.20. The molecule has 2 aromatic heterocycles. The number of anilines is 1. The monoisotopic (exact) mass is 525 g/mol. The Morgan fingerprint density at radius 1 is 1.13 bits per heavy atom. The Hall–Kier alpha value is -3.51. The molecule has 6 heteroatoms. The molecule has 0 spiro atoms. The molecular formula is C32H35N3O2S. The normalized spacial score (nSPS) is 15.0. The summed E-state index contributed by atoms with van der Waals surface area (Å²) in [5, 5.41) is 4.40. The summed E-state index contributed by atoms with van der Waals surface area (Å²) in [6.45, 7) is 6.62. The molecule has 2 aromatic carbocycles. The Morgan fingerprint density at radius 3 is 2.61 bits per heavy atom. The zero-order valence-corrected chi connectivity index (χ0v) is 23.2. The van der Waals surface area contributed by atoms with E-state index in [1.807, 2.05) is 30.3 Å². The van der Waals surface area contributed by atoms with Gasteiger partial charge in [-0.1, -0.05) is 76.1 Å². The topological polar surface area (TPSA) is 85.1 Å². The highest BCUT2D eigenvalue weighted by Crippen LogP contribution is 2.41. The summed E-state index contributed by atoms with van der Waals surface area (Å²) in [4.78, 5) is 32.3. The summed E-state index contributed by atoms with van der Waals surface area (Å²) in [6.07, 6.45) is 6.18. The molecule has 1 atom stereocenters. The number of nitrogens with zero attached hydrogens (tertiary/aromatic N) is 1. The second-order valence-corrected chi connectivity index (χ2v) is 11.9. The van der Waals surface area contributed by atoms with E-state index in [1.165, 1.54) is 28.2 Å². The number of hydrogen-bond acceptors (Lipinski definition) is 4. The van der Waals surface area contributed by atoms with Crippen LogP contribution in [0.3, 0.4) is 0 Å². The third-order valence-corrected chi connectivity index (χ3v) is 8.56. The zero-order valence-electron chi connectivity index (χ0n) is 22.3. The van der Waals surface area contributed by atoms with Crippen LogP contribution in [0, 0.1) is 11.8 Å². The van der Waals surface area contributed by atoms with Gasteiger partial charge in [0.2, 0.25) is 0 Å². The van der Waals surface area contributed by atoms with E-state index in [9.17, 15) is 9.59 Å². The van der Waals surface area contributed by atoms with Crippen molar-refractivity contribution in [1.82, 2.24) is 4.98 Å². The van der Waals surface area contributed by atoms with Gasteiger partial charge < -0.3 is 11.1 Å². The molecule has 5 nitrogen and oxygen atoms in total. The predicted molar refractivity (Wildman–Crippen MR) is 157 cm³/mol. The van der Waals surface area contributed by atoms with Crippen molar-refractivity contribution in [2.75, 3.05) is 5.32 Å². The Morgan fingerprint density at radius 2 is 1.89 bits per heavy atom. The van der Waals surface area contributed by atoms with Crippen molar-refractivity contribution in [3.8, 4) is 11.3 Å². The fourth-order valence-corrected chi connectivity index (χ4v) is 6.98. The van der Waals surface area contributed by atoms with Gasteiger partial charge in [-0.15, -0.1) is 11.3 Å². The number of fused-ring (bicyclic) bond motifs is 2. The summed E-state index contributed by atoms with van der Waals surface area (Å²) < 4.78 is 0. The van der Waals surface area contributed by atoms with E-state index in [-0.39, 0.29) is 5.91 Å². The van der Waals surface area contributed by atoms with Crippen LogP contribution in [0.25, 0.3) is 22.2 Å². The van der Waals surface area contributed by atoms with Gasteiger partial charge in [-0.3, -0.25) is 9.59 Å². The maximum atomic E-state index is 13.8. The average molecular weight is 526 g/mol. The van der Waals surface area contributed by atoms with Gasteiger partial charge >= 0.3 is 0 Å². The molecule has 0 aliphatic heterocycles. The first-order chi connectivity index (χ1) is 18.3. The first-order valence-corrected chi connectivity index (χ1v) is 14.4. The molecule has 38 heavy (non-hydrogen) atoms. The Balaban J connectivity index is 1.50. The molecule has 2 amide bonds. The molecule has 2 heterocycles. The van der Waals surface area contributed by atoms with Crippen LogP contribution in [0.15, 0.2) is 54.6 Å². The number of nitrogens with one attached hydrogen (secondary N) is 1. The molecule has 1 unspecified atom stereocenters. The van der Waals surface area contributed by atoms with Crippen LogP contribution in [-0.2, 0) is 19.3 Å². The van der Waals surface area contributed by atoms with E-state index in [2.05, 4.69) is 50.4 Å². The lowest BCUT2D eigenvalue weighted by Gasteiger charge is -2.21. The van der Waals surface area contributed by atoms with Crippen molar-refractivity contribution in [2.45, 2.75) is 59.3 Å². The number of pyridine rings is 1. The number of amides is 2. The highest BCUT2D eigenvalue weighted by molar-refractivity contribution is 7.17. The minimum Gasteiger partial charge on any atom is -0.365 e.